The topological polar surface area (TPSA) is 51.8 Å². The number of fused-ring (bicyclic) bond motifs is 3. The standard InChI is InChI=1S/C21H19N2O.C18H24NSi.Ir/c1-13(2)10-15-8-9-22-19(11-15)16-5-7-20-18(12-16)17-6-4-14(3)23-21(17)24-20;1-14(2)11-16-12-17(15-9-7-6-8-10-15)19-13-18(16)20(3,4)5;/h4,6-9,11-13H,10H2,1-3H3;6-9,12-14H,11H2,1-5H3;/q2*-1;. The molecule has 0 aliphatic carbocycles. The van der Waals surface area contributed by atoms with Gasteiger partial charge in [0.1, 0.15) is 0 Å². The van der Waals surface area contributed by atoms with Crippen molar-refractivity contribution in [2.24, 2.45) is 11.8 Å². The van der Waals surface area contributed by atoms with Crippen LogP contribution in [0.3, 0.4) is 0 Å². The van der Waals surface area contributed by atoms with Gasteiger partial charge in [0.05, 0.1) is 13.7 Å². The van der Waals surface area contributed by atoms with E-state index in [9.17, 15) is 0 Å². The van der Waals surface area contributed by atoms with Crippen LogP contribution in [0.15, 0.2) is 83.5 Å². The van der Waals surface area contributed by atoms with Crippen molar-refractivity contribution in [2.45, 2.75) is 67.1 Å². The number of benzene rings is 2. The third-order valence-corrected chi connectivity index (χ3v) is 9.63. The van der Waals surface area contributed by atoms with Gasteiger partial charge in [0.2, 0.25) is 5.71 Å². The van der Waals surface area contributed by atoms with Crippen molar-refractivity contribution in [3.63, 3.8) is 0 Å². The van der Waals surface area contributed by atoms with Crippen LogP contribution in [0.25, 0.3) is 44.6 Å². The molecule has 1 radical (unpaired) electrons. The number of rotatable bonds is 7. The summed E-state index contributed by atoms with van der Waals surface area (Å²) in [6.45, 7) is 18.2. The van der Waals surface area contributed by atoms with Gasteiger partial charge in [-0.15, -0.1) is 59.7 Å². The first-order chi connectivity index (χ1) is 21.0. The first kappa shape index (κ1) is 34.4. The zero-order valence-corrected chi connectivity index (χ0v) is 31.1. The summed E-state index contributed by atoms with van der Waals surface area (Å²) in [5.74, 6) is 1.29. The van der Waals surface area contributed by atoms with E-state index in [0.29, 0.717) is 17.5 Å². The number of aromatic nitrogens is 3. The molecule has 6 rings (SSSR count). The van der Waals surface area contributed by atoms with Crippen LogP contribution >= 0.6 is 0 Å². The van der Waals surface area contributed by atoms with E-state index in [0.717, 1.165) is 57.4 Å². The van der Waals surface area contributed by atoms with Gasteiger partial charge in [-0.3, -0.25) is 0 Å². The Hall–Kier alpha value is -3.44. The fourth-order valence-electron chi connectivity index (χ4n) is 5.54. The normalized spacial score (nSPS) is 11.5. The number of hydrogen-bond acceptors (Lipinski definition) is 4. The van der Waals surface area contributed by atoms with Gasteiger partial charge in [-0.2, -0.15) is 0 Å². The molecular weight excluding hydrogens is 747 g/mol. The van der Waals surface area contributed by atoms with Gasteiger partial charge in [0, 0.05) is 43.6 Å². The minimum atomic E-state index is -1.34. The van der Waals surface area contributed by atoms with Crippen molar-refractivity contribution in [2.75, 3.05) is 0 Å². The van der Waals surface area contributed by atoms with Crippen LogP contribution in [0, 0.1) is 30.9 Å². The molecule has 2 aromatic carbocycles. The van der Waals surface area contributed by atoms with Gasteiger partial charge in [-0.1, -0.05) is 76.0 Å². The minimum absolute atomic E-state index is 0. The molecule has 4 nitrogen and oxygen atoms in total. The second kappa shape index (κ2) is 14.8. The summed E-state index contributed by atoms with van der Waals surface area (Å²) >= 11 is 0. The Balaban J connectivity index is 0.000000204. The molecule has 0 aliphatic heterocycles. The molecule has 45 heavy (non-hydrogen) atoms. The van der Waals surface area contributed by atoms with Crippen molar-refractivity contribution < 1.29 is 24.5 Å². The van der Waals surface area contributed by atoms with E-state index in [1.54, 1.807) is 0 Å². The number of aryl methyl sites for hydroxylation is 1. The fraction of sp³-hybridized carbons (Fsp3) is 0.308. The maximum atomic E-state index is 5.84. The Bertz CT molecular complexity index is 1870. The molecule has 4 heterocycles. The summed E-state index contributed by atoms with van der Waals surface area (Å²) in [4.78, 5) is 13.7. The molecule has 0 spiro atoms. The van der Waals surface area contributed by atoms with Crippen LogP contribution in [0.5, 0.6) is 0 Å². The molecule has 0 amide bonds. The third kappa shape index (κ3) is 8.64. The average Bonchev–Trinajstić information content (AvgIpc) is 3.33. The molecule has 0 N–H and O–H groups in total. The monoisotopic (exact) mass is 790 g/mol. The van der Waals surface area contributed by atoms with Crippen molar-refractivity contribution in [3.05, 3.63) is 108 Å². The summed E-state index contributed by atoms with van der Waals surface area (Å²) in [6, 6.07) is 29.2. The van der Waals surface area contributed by atoms with E-state index in [-0.39, 0.29) is 20.1 Å². The molecule has 235 valence electrons. The first-order valence-corrected chi connectivity index (χ1v) is 19.1. The SMILES string of the molecule is CC(C)Cc1cc(-c2[c-]cccc2)ncc1[Si](C)(C)C.Cc1ccc2c(n1)oc1c[c-]c(-c3cc(CC(C)C)ccn3)cc12.[Ir]. The van der Waals surface area contributed by atoms with Crippen LogP contribution < -0.4 is 5.19 Å². The van der Waals surface area contributed by atoms with Crippen molar-refractivity contribution >= 4 is 35.3 Å². The maximum absolute atomic E-state index is 5.84. The molecule has 0 aliphatic rings. The number of pyridine rings is 3. The third-order valence-electron chi connectivity index (χ3n) is 7.56. The maximum Gasteiger partial charge on any atom is 0.216 e. The quantitative estimate of drug-likeness (QED) is 0.120. The summed E-state index contributed by atoms with van der Waals surface area (Å²) in [5.41, 5.74) is 9.28. The van der Waals surface area contributed by atoms with Gasteiger partial charge < -0.3 is 14.4 Å². The molecule has 4 aromatic heterocycles. The molecule has 0 atom stereocenters. The fourth-order valence-corrected chi connectivity index (χ4v) is 7.13. The molecule has 0 saturated carbocycles. The van der Waals surface area contributed by atoms with Crippen molar-refractivity contribution in [1.82, 2.24) is 15.0 Å². The van der Waals surface area contributed by atoms with E-state index in [4.69, 9.17) is 4.42 Å². The Kier molecular flexibility index (Phi) is 11.3. The van der Waals surface area contributed by atoms with Crippen molar-refractivity contribution in [3.8, 4) is 22.5 Å². The minimum Gasteiger partial charge on any atom is -0.486 e. The van der Waals surface area contributed by atoms with Crippen LogP contribution in [0.2, 0.25) is 19.6 Å². The van der Waals surface area contributed by atoms with E-state index >= 15 is 0 Å². The summed E-state index contributed by atoms with van der Waals surface area (Å²) in [5, 5.41) is 3.58. The largest absolute Gasteiger partial charge is 0.486 e. The number of nitrogens with zero attached hydrogens (tertiary/aromatic N) is 3. The van der Waals surface area contributed by atoms with Crippen molar-refractivity contribution in [1.29, 1.82) is 0 Å². The van der Waals surface area contributed by atoms with Gasteiger partial charge in [0.15, 0.2) is 0 Å². The molecule has 0 unspecified atom stereocenters. The first-order valence-electron chi connectivity index (χ1n) is 15.6. The van der Waals surface area contributed by atoms with Gasteiger partial charge in [0.25, 0.3) is 0 Å². The number of hydrogen-bond donors (Lipinski definition) is 0. The Morgan fingerprint density at radius 3 is 2.24 bits per heavy atom. The van der Waals surface area contributed by atoms with Crippen LogP contribution in [-0.2, 0) is 32.9 Å². The van der Waals surface area contributed by atoms with E-state index in [2.05, 4.69) is 117 Å². The summed E-state index contributed by atoms with van der Waals surface area (Å²) in [6.07, 6.45) is 6.17. The van der Waals surface area contributed by atoms with Crippen LogP contribution in [0.1, 0.15) is 44.5 Å². The smallest absolute Gasteiger partial charge is 0.216 e. The summed E-state index contributed by atoms with van der Waals surface area (Å²) < 4.78 is 5.84. The van der Waals surface area contributed by atoms with Gasteiger partial charge in [-0.05, 0) is 66.4 Å². The molecule has 0 fully saturated rings. The van der Waals surface area contributed by atoms with E-state index < -0.39 is 8.07 Å². The Morgan fingerprint density at radius 2 is 1.56 bits per heavy atom. The number of furan rings is 1. The molecule has 6 aromatic rings. The Labute approximate surface area is 283 Å². The zero-order chi connectivity index (χ0) is 31.4. The molecular formula is C39H43IrN3OSi-2. The molecule has 0 saturated heterocycles. The van der Waals surface area contributed by atoms with E-state index in [1.165, 1.54) is 16.3 Å². The Morgan fingerprint density at radius 1 is 0.800 bits per heavy atom. The predicted molar refractivity (Wildman–Crippen MR) is 187 cm³/mol. The second-order valence-corrected chi connectivity index (χ2v) is 18.6. The molecule has 6 heteroatoms. The summed E-state index contributed by atoms with van der Waals surface area (Å²) in [7, 11) is -1.34. The second-order valence-electron chi connectivity index (χ2n) is 13.5. The van der Waals surface area contributed by atoms with Crippen LogP contribution in [0.4, 0.5) is 0 Å². The molecule has 0 bridgehead atoms. The van der Waals surface area contributed by atoms with Gasteiger partial charge in [-0.25, -0.2) is 4.98 Å². The zero-order valence-electron chi connectivity index (χ0n) is 27.7. The van der Waals surface area contributed by atoms with E-state index in [1.807, 2.05) is 43.5 Å². The average molecular weight is 790 g/mol. The van der Waals surface area contributed by atoms with Gasteiger partial charge >= 0.3 is 0 Å². The van der Waals surface area contributed by atoms with Crippen LogP contribution in [-0.4, -0.2) is 23.0 Å². The predicted octanol–water partition coefficient (Wildman–Crippen LogP) is 9.64.